The van der Waals surface area contributed by atoms with Gasteiger partial charge in [-0.3, -0.25) is 9.01 Å². The first-order valence-electron chi connectivity index (χ1n) is 1.59. The molecule has 0 aromatic heterocycles. The molecule has 0 rings (SSSR count). The van der Waals surface area contributed by atoms with Crippen molar-refractivity contribution in [3.8, 4) is 6.57 Å². The number of nitriles is 1. The van der Waals surface area contributed by atoms with E-state index in [0.717, 1.165) is 0 Å². The van der Waals surface area contributed by atoms with E-state index in [-0.39, 0.29) is 1.43 Å². The van der Waals surface area contributed by atoms with Crippen molar-refractivity contribution < 1.29 is 33.0 Å². The highest BCUT2D eigenvalue weighted by atomic mass is 32.3. The summed E-state index contributed by atoms with van der Waals surface area (Å²) in [5.41, 5.74) is 0. The van der Waals surface area contributed by atoms with Gasteiger partial charge in [-0.05, 0) is 0 Å². The van der Waals surface area contributed by atoms with Crippen LogP contribution in [0.2, 0.25) is 0 Å². The maximum absolute atomic E-state index is 8.74. The van der Waals surface area contributed by atoms with Crippen molar-refractivity contribution in [2.24, 2.45) is 0 Å². The molecular weight excluding hydrogens is 198 g/mol. The molecule has 0 aliphatic carbocycles. The zero-order valence-corrected chi connectivity index (χ0v) is 6.72. The third-order valence-electron chi connectivity index (χ3n) is 0. The van der Waals surface area contributed by atoms with E-state index in [2.05, 4.69) is 6.57 Å². The molecule has 10 heteroatoms. The highest BCUT2D eigenvalue weighted by Crippen LogP contribution is 1.58. The Hall–Kier alpha value is -1.02. The zero-order valence-electron chi connectivity index (χ0n) is 5.91. The summed E-state index contributed by atoms with van der Waals surface area (Å²) in [6.07, 6.45) is 0. The topological polar surface area (TPSA) is 159 Å². The van der Waals surface area contributed by atoms with Gasteiger partial charge < -0.3 is 14.1 Å². The predicted molar refractivity (Wildman–Crippen MR) is 31.0 cm³/mol. The van der Waals surface area contributed by atoms with Crippen LogP contribution in [0.3, 0.4) is 0 Å². The molecule has 0 radical (unpaired) electrons. The molecule has 3 N–H and O–H groups in total. The summed E-state index contributed by atoms with van der Waals surface area (Å²) in [5.74, 6) is 0. The molecular formula is CH5NO7SSi. The summed E-state index contributed by atoms with van der Waals surface area (Å²) in [7, 11) is -8.05. The molecule has 0 aromatic carbocycles. The van der Waals surface area contributed by atoms with Crippen molar-refractivity contribution in [1.82, 2.24) is 0 Å². The minimum atomic E-state index is -4.92. The van der Waals surface area contributed by atoms with Gasteiger partial charge in [0.1, 0.15) is 0 Å². The Labute approximate surface area is 65.3 Å². The average molecular weight is 203 g/mol. The molecule has 0 saturated carbocycles. The third kappa shape index (κ3) is 417. The fourth-order valence-electron chi connectivity index (χ4n) is 0. The quantitative estimate of drug-likeness (QED) is 0.224. The molecule has 0 atom stereocenters. The van der Waals surface area contributed by atoms with Crippen molar-refractivity contribution in [1.29, 1.82) is 5.26 Å². The summed E-state index contributed by atoms with van der Waals surface area (Å²) < 4.78 is 41.6. The SMILES string of the molecule is C#N.O=S(=O)([O-])O.O=[Si](O)O.[H+]. The van der Waals surface area contributed by atoms with Gasteiger partial charge in [0, 0.05) is 6.57 Å². The van der Waals surface area contributed by atoms with E-state index in [1.54, 1.807) is 0 Å². The lowest BCUT2D eigenvalue weighted by molar-refractivity contribution is 0.329. The van der Waals surface area contributed by atoms with Crippen LogP contribution in [0.15, 0.2) is 0 Å². The molecule has 0 aliphatic heterocycles. The highest BCUT2D eigenvalue weighted by molar-refractivity contribution is 7.79. The minimum Gasteiger partial charge on any atom is -0.726 e. The molecule has 0 spiro atoms. The Bertz CT molecular complexity index is 197. The van der Waals surface area contributed by atoms with Crippen molar-refractivity contribution in [3.05, 3.63) is 0 Å². The molecule has 66 valence electrons. The summed E-state index contributed by atoms with van der Waals surface area (Å²) >= 11 is 0. The second-order valence-electron chi connectivity index (χ2n) is 0.710. The molecule has 0 aliphatic rings. The van der Waals surface area contributed by atoms with Gasteiger partial charge in [-0.25, -0.2) is 13.7 Å². The standard InChI is InChI=1S/CHN.H2O4S.H2O3Si/c1-2;1-5(2,3)4;1-4(2)3/h1H;(H2,1,2,3,4);1-2H. The van der Waals surface area contributed by atoms with Crippen LogP contribution in [0, 0.1) is 11.8 Å². The van der Waals surface area contributed by atoms with Crippen LogP contribution in [0.25, 0.3) is 0 Å². The van der Waals surface area contributed by atoms with Gasteiger partial charge in [0.2, 0.25) is 10.4 Å². The first-order chi connectivity index (χ1) is 4.73. The van der Waals surface area contributed by atoms with E-state index in [4.69, 9.17) is 36.8 Å². The van der Waals surface area contributed by atoms with Crippen LogP contribution in [-0.4, -0.2) is 36.3 Å². The molecule has 0 amide bonds. The Morgan fingerprint density at radius 3 is 1.45 bits per heavy atom. The molecule has 0 aromatic rings. The Morgan fingerprint density at radius 1 is 1.45 bits per heavy atom. The number of hydrogen-bond acceptors (Lipinski definition) is 5. The van der Waals surface area contributed by atoms with Crippen molar-refractivity contribution >= 4 is 19.6 Å². The molecule has 11 heavy (non-hydrogen) atoms. The van der Waals surface area contributed by atoms with Gasteiger partial charge in [-0.2, -0.15) is 0 Å². The van der Waals surface area contributed by atoms with Crippen LogP contribution >= 0.6 is 0 Å². The number of nitrogens with zero attached hydrogens (tertiary/aromatic N) is 1. The molecule has 0 heterocycles. The number of hydrogen-bond donors (Lipinski definition) is 3. The van der Waals surface area contributed by atoms with Crippen LogP contribution < -0.4 is 0 Å². The van der Waals surface area contributed by atoms with E-state index in [9.17, 15) is 0 Å². The van der Waals surface area contributed by atoms with Crippen LogP contribution in [-0.2, 0) is 14.9 Å². The van der Waals surface area contributed by atoms with E-state index >= 15 is 0 Å². The van der Waals surface area contributed by atoms with Gasteiger partial charge in [0.15, 0.2) is 0 Å². The van der Waals surface area contributed by atoms with E-state index in [0.29, 0.717) is 0 Å². The molecule has 0 saturated heterocycles. The summed E-state index contributed by atoms with van der Waals surface area (Å²) in [4.78, 5) is 14.3. The summed E-state index contributed by atoms with van der Waals surface area (Å²) in [6.45, 7) is 3.50. The lowest BCUT2D eigenvalue weighted by atomic mass is 11.9. The monoisotopic (exact) mass is 203 g/mol. The second-order valence-corrected chi connectivity index (χ2v) is 2.13. The Balaban J connectivity index is -0.0000000419. The van der Waals surface area contributed by atoms with Gasteiger partial charge in [-0.15, -0.1) is 0 Å². The second kappa shape index (κ2) is 8.98. The molecule has 0 fully saturated rings. The van der Waals surface area contributed by atoms with E-state index in [1.165, 1.54) is 0 Å². The fraction of sp³-hybridized carbons (Fsp3) is 0. The highest BCUT2D eigenvalue weighted by Gasteiger charge is 1.85. The lowest BCUT2D eigenvalue weighted by Gasteiger charge is -1.88. The van der Waals surface area contributed by atoms with Gasteiger partial charge in [0.25, 0.3) is 0 Å². The molecule has 0 bridgehead atoms. The van der Waals surface area contributed by atoms with Gasteiger partial charge >= 0.3 is 10.6 Å². The average Bonchev–Trinajstić information content (AvgIpc) is 1.63. The maximum Gasteiger partial charge on any atom is 1.00 e. The Kier molecular flexibility index (Phi) is 13.5. The largest absolute Gasteiger partial charge is 1.00 e. The zero-order chi connectivity index (χ0) is 10.1. The van der Waals surface area contributed by atoms with Crippen molar-refractivity contribution in [2.75, 3.05) is 0 Å². The van der Waals surface area contributed by atoms with Gasteiger partial charge in [-0.1, -0.05) is 0 Å². The van der Waals surface area contributed by atoms with Crippen LogP contribution in [0.5, 0.6) is 0 Å². The van der Waals surface area contributed by atoms with Crippen LogP contribution in [0.4, 0.5) is 0 Å². The number of rotatable bonds is 0. The third-order valence-corrected chi connectivity index (χ3v) is 0. The lowest BCUT2D eigenvalue weighted by Crippen LogP contribution is -1.90. The predicted octanol–water partition coefficient (Wildman–Crippen LogP) is -2.36. The summed E-state index contributed by atoms with van der Waals surface area (Å²) in [5, 5.41) is 6.50. The van der Waals surface area contributed by atoms with E-state index < -0.39 is 19.6 Å². The Morgan fingerprint density at radius 2 is 1.45 bits per heavy atom. The first-order valence-corrected chi connectivity index (χ1v) is 4.26. The van der Waals surface area contributed by atoms with Crippen LogP contribution in [0.1, 0.15) is 1.43 Å². The molecule has 8 nitrogen and oxygen atoms in total. The van der Waals surface area contributed by atoms with Crippen molar-refractivity contribution in [2.45, 2.75) is 0 Å². The van der Waals surface area contributed by atoms with E-state index in [1.807, 2.05) is 0 Å². The molecule has 0 unspecified atom stereocenters. The maximum atomic E-state index is 8.74. The van der Waals surface area contributed by atoms with Gasteiger partial charge in [0.05, 0.1) is 0 Å². The smallest absolute Gasteiger partial charge is 0.726 e. The fourth-order valence-corrected chi connectivity index (χ4v) is 0. The minimum absolute atomic E-state index is 0. The first kappa shape index (κ1) is 16.5. The van der Waals surface area contributed by atoms with Crippen molar-refractivity contribution in [3.63, 3.8) is 0 Å². The summed E-state index contributed by atoms with van der Waals surface area (Å²) in [6, 6.07) is 0. The normalized spacial score (nSPS) is 7.64.